The second-order valence-corrected chi connectivity index (χ2v) is 2.83. The molecule has 0 unspecified atom stereocenters. The molecule has 0 atom stereocenters. The van der Waals surface area contributed by atoms with Gasteiger partial charge >= 0.3 is 63.5 Å². The van der Waals surface area contributed by atoms with Gasteiger partial charge in [0, 0.05) is 0 Å². The van der Waals surface area contributed by atoms with Crippen LogP contribution in [-0.4, -0.2) is 33.0 Å². The van der Waals surface area contributed by atoms with Crippen LogP contribution in [0.5, 0.6) is 0 Å². The van der Waals surface area contributed by atoms with E-state index in [-0.39, 0.29) is 5.56 Å². The molecule has 0 fully saturated rings. The van der Waals surface area contributed by atoms with Gasteiger partial charge < -0.3 is 0 Å². The molecule has 1 aromatic heterocycles. The van der Waals surface area contributed by atoms with Crippen LogP contribution >= 0.6 is 0 Å². The Morgan fingerprint density at radius 3 is 2.56 bits per heavy atom. The van der Waals surface area contributed by atoms with Gasteiger partial charge in [0.2, 0.25) is 0 Å². The topological polar surface area (TPSA) is 65.7 Å². The number of hydrogen-bond acceptors (Lipinski definition) is 2. The molecule has 0 bridgehead atoms. The molecule has 4 nitrogen and oxygen atoms in total. The first-order valence-corrected chi connectivity index (χ1v) is 3.49. The van der Waals surface area contributed by atoms with Gasteiger partial charge in [-0.05, 0) is 0 Å². The summed E-state index contributed by atoms with van der Waals surface area (Å²) >= 11 is 1.27. The normalized spacial score (nSPS) is 9.44. The summed E-state index contributed by atoms with van der Waals surface area (Å²) in [5.41, 5.74) is -0.771. The number of aromatic nitrogens is 2. The molecule has 2 N–H and O–H groups in total. The molecule has 0 aliphatic heterocycles. The fourth-order valence-corrected chi connectivity index (χ4v) is 0.746. The molecule has 1 rings (SSSR count). The van der Waals surface area contributed by atoms with Crippen molar-refractivity contribution in [1.29, 1.82) is 0 Å². The fraction of sp³-hybridized carbons (Fsp3) is 0. The van der Waals surface area contributed by atoms with E-state index in [1.807, 2.05) is 0 Å². The van der Waals surface area contributed by atoms with Gasteiger partial charge in [-0.3, -0.25) is 0 Å². The van der Waals surface area contributed by atoms with Crippen molar-refractivity contribution >= 4 is 26.5 Å². The Hall–Kier alpha value is -0.502. The van der Waals surface area contributed by atoms with Gasteiger partial charge in [-0.2, -0.15) is 0 Å². The standard InChI is InChI=1S/C4H3N2O2.Sb/c7-3-1-2-5-4(8)6-3;/h2H,(H2,5,6,7,8);. The Morgan fingerprint density at radius 1 is 1.44 bits per heavy atom. The number of nitrogens with one attached hydrogen (secondary N) is 2. The molecule has 9 heavy (non-hydrogen) atoms. The summed E-state index contributed by atoms with van der Waals surface area (Å²) in [6.45, 7) is 0. The zero-order valence-corrected chi connectivity index (χ0v) is 6.89. The first-order chi connectivity index (χ1) is 4.20. The van der Waals surface area contributed by atoms with Gasteiger partial charge in [-0.1, -0.05) is 0 Å². The first kappa shape index (κ1) is 6.62. The molecular formula is C4H3N2O2Sb. The number of H-pyrrole nitrogens is 2. The Bertz CT molecular complexity index is 313. The molecular weight excluding hydrogens is 230 g/mol. The van der Waals surface area contributed by atoms with E-state index in [2.05, 4.69) is 9.97 Å². The Morgan fingerprint density at radius 2 is 2.11 bits per heavy atom. The van der Waals surface area contributed by atoms with E-state index in [4.69, 9.17) is 0 Å². The van der Waals surface area contributed by atoms with Crippen LogP contribution in [0.1, 0.15) is 0 Å². The van der Waals surface area contributed by atoms with Crippen LogP contribution in [0.25, 0.3) is 0 Å². The molecule has 0 aliphatic carbocycles. The third-order valence-electron chi connectivity index (χ3n) is 0.800. The van der Waals surface area contributed by atoms with Crippen molar-refractivity contribution in [3.05, 3.63) is 27.0 Å². The van der Waals surface area contributed by atoms with Crippen molar-refractivity contribution in [2.45, 2.75) is 0 Å². The van der Waals surface area contributed by atoms with Crippen LogP contribution in [0.15, 0.2) is 15.8 Å². The average Bonchev–Trinajstić information content (AvgIpc) is 1.80. The molecule has 0 saturated heterocycles. The third-order valence-corrected chi connectivity index (χ3v) is 1.75. The third kappa shape index (κ3) is 1.45. The second kappa shape index (κ2) is 2.39. The van der Waals surface area contributed by atoms with E-state index in [0.717, 1.165) is 0 Å². The van der Waals surface area contributed by atoms with Crippen molar-refractivity contribution in [3.63, 3.8) is 0 Å². The van der Waals surface area contributed by atoms with E-state index >= 15 is 0 Å². The summed E-state index contributed by atoms with van der Waals surface area (Å²) < 4.78 is 0.559. The second-order valence-electron chi connectivity index (χ2n) is 1.46. The van der Waals surface area contributed by atoms with Gasteiger partial charge in [0.1, 0.15) is 0 Å². The quantitative estimate of drug-likeness (QED) is 0.502. The van der Waals surface area contributed by atoms with E-state index in [1.54, 1.807) is 0 Å². The summed E-state index contributed by atoms with van der Waals surface area (Å²) in [5.74, 6) is 0. The van der Waals surface area contributed by atoms with Crippen LogP contribution in [0, 0.1) is 0 Å². The van der Waals surface area contributed by atoms with Crippen molar-refractivity contribution < 1.29 is 0 Å². The Labute approximate surface area is 63.8 Å². The van der Waals surface area contributed by atoms with Crippen molar-refractivity contribution in [2.24, 2.45) is 0 Å². The number of hydrogen-bond donors (Lipinski definition) is 2. The van der Waals surface area contributed by atoms with Gasteiger partial charge in [0.15, 0.2) is 0 Å². The van der Waals surface area contributed by atoms with Gasteiger partial charge in [0.05, 0.1) is 0 Å². The predicted octanol–water partition coefficient (Wildman–Crippen LogP) is -2.14. The summed E-state index contributed by atoms with van der Waals surface area (Å²) in [6, 6.07) is 0. The molecule has 5 heteroatoms. The van der Waals surface area contributed by atoms with Crippen LogP contribution in [0.3, 0.4) is 0 Å². The summed E-state index contributed by atoms with van der Waals surface area (Å²) in [4.78, 5) is 25.3. The minimum absolute atomic E-state index is 0.312. The van der Waals surface area contributed by atoms with E-state index in [1.165, 1.54) is 29.2 Å². The van der Waals surface area contributed by atoms with E-state index in [9.17, 15) is 9.59 Å². The molecule has 0 spiro atoms. The molecule has 1 aromatic rings. The SMILES string of the molecule is O=c1[nH]c[c]([Sb])c(=O)[nH]1. The summed E-state index contributed by atoms with van der Waals surface area (Å²) in [5, 5.41) is 0. The van der Waals surface area contributed by atoms with E-state index < -0.39 is 5.69 Å². The van der Waals surface area contributed by atoms with Gasteiger partial charge in [-0.25, -0.2) is 0 Å². The fourth-order valence-electron chi connectivity index (χ4n) is 0.403. The van der Waals surface area contributed by atoms with Gasteiger partial charge in [0.25, 0.3) is 0 Å². The van der Waals surface area contributed by atoms with Crippen molar-refractivity contribution in [2.75, 3.05) is 0 Å². The maximum absolute atomic E-state index is 10.6. The minimum atomic E-state index is -0.459. The van der Waals surface area contributed by atoms with Crippen LogP contribution in [0.2, 0.25) is 0 Å². The van der Waals surface area contributed by atoms with Gasteiger partial charge in [-0.15, -0.1) is 0 Å². The number of aromatic amines is 2. The number of rotatable bonds is 0. The van der Waals surface area contributed by atoms with Crippen LogP contribution in [-0.2, 0) is 0 Å². The van der Waals surface area contributed by atoms with Crippen molar-refractivity contribution in [1.82, 2.24) is 9.97 Å². The Balaban J connectivity index is 3.52. The first-order valence-electron chi connectivity index (χ1n) is 2.21. The Kier molecular flexibility index (Phi) is 1.76. The maximum atomic E-state index is 10.6. The summed E-state index contributed by atoms with van der Waals surface area (Å²) in [7, 11) is 0. The molecule has 2 radical (unpaired) electrons. The zero-order valence-electron chi connectivity index (χ0n) is 4.34. The average molecular weight is 233 g/mol. The summed E-state index contributed by atoms with van der Waals surface area (Å²) in [6.07, 6.45) is 1.40. The molecule has 0 aliphatic rings. The molecule has 1 heterocycles. The van der Waals surface area contributed by atoms with Crippen LogP contribution in [0.4, 0.5) is 0 Å². The predicted molar refractivity (Wildman–Crippen MR) is 33.1 cm³/mol. The monoisotopic (exact) mass is 232 g/mol. The zero-order chi connectivity index (χ0) is 6.85. The van der Waals surface area contributed by atoms with E-state index in [0.29, 0.717) is 3.51 Å². The van der Waals surface area contributed by atoms with Crippen LogP contribution < -0.4 is 14.8 Å². The molecule has 0 aromatic carbocycles. The molecule has 0 saturated carbocycles. The molecule has 46 valence electrons. The van der Waals surface area contributed by atoms with Crippen molar-refractivity contribution in [3.8, 4) is 0 Å². The molecule has 0 amide bonds.